The molecular formula is C18H18N2O5. The van der Waals surface area contributed by atoms with Crippen LogP contribution < -0.4 is 24.8 Å². The molecule has 25 heavy (non-hydrogen) atoms. The molecule has 1 aliphatic heterocycles. The highest BCUT2D eigenvalue weighted by Crippen LogP contribution is 2.31. The Morgan fingerprint density at radius 2 is 2.00 bits per heavy atom. The van der Waals surface area contributed by atoms with E-state index < -0.39 is 0 Å². The minimum absolute atomic E-state index is 0.104. The van der Waals surface area contributed by atoms with Gasteiger partial charge < -0.3 is 24.8 Å². The maximum absolute atomic E-state index is 12.5. The maximum atomic E-state index is 12.5. The van der Waals surface area contributed by atoms with Crippen LogP contribution in [0.15, 0.2) is 36.4 Å². The van der Waals surface area contributed by atoms with Crippen LogP contribution in [0.2, 0.25) is 0 Å². The van der Waals surface area contributed by atoms with E-state index in [2.05, 4.69) is 10.6 Å². The second-order valence-electron chi connectivity index (χ2n) is 5.39. The van der Waals surface area contributed by atoms with Crippen molar-refractivity contribution in [2.45, 2.75) is 6.54 Å². The summed E-state index contributed by atoms with van der Waals surface area (Å²) in [5, 5.41) is 5.52. The third kappa shape index (κ3) is 3.50. The fourth-order valence-electron chi connectivity index (χ4n) is 2.56. The molecule has 1 aliphatic rings. The summed E-state index contributed by atoms with van der Waals surface area (Å²) >= 11 is 0. The summed E-state index contributed by atoms with van der Waals surface area (Å²) in [5.74, 6) is 1.07. The number of methoxy groups -OCH3 is 2. The van der Waals surface area contributed by atoms with Crippen molar-refractivity contribution < 1.29 is 23.8 Å². The number of nitrogens with one attached hydrogen (secondary N) is 2. The minimum Gasteiger partial charge on any atom is -0.493 e. The molecule has 0 atom stereocenters. The van der Waals surface area contributed by atoms with Crippen molar-refractivity contribution in [3.8, 4) is 17.2 Å². The van der Waals surface area contributed by atoms with E-state index in [9.17, 15) is 9.59 Å². The minimum atomic E-state index is -0.289. The topological polar surface area (TPSA) is 85.9 Å². The van der Waals surface area contributed by atoms with Crippen LogP contribution >= 0.6 is 0 Å². The first kappa shape index (κ1) is 16.6. The Kier molecular flexibility index (Phi) is 4.74. The number of benzene rings is 2. The molecule has 2 aromatic carbocycles. The molecule has 130 valence electrons. The molecule has 3 rings (SSSR count). The molecule has 2 amide bonds. The van der Waals surface area contributed by atoms with Crippen LogP contribution in [0.3, 0.4) is 0 Å². The normalized spacial score (nSPS) is 12.5. The van der Waals surface area contributed by atoms with E-state index in [0.29, 0.717) is 35.0 Å². The highest BCUT2D eigenvalue weighted by atomic mass is 16.5. The number of hydrogen-bond acceptors (Lipinski definition) is 5. The molecule has 2 aromatic rings. The fourth-order valence-corrected chi connectivity index (χ4v) is 2.56. The lowest BCUT2D eigenvalue weighted by Crippen LogP contribution is -2.29. The Hall–Kier alpha value is -3.22. The summed E-state index contributed by atoms with van der Waals surface area (Å²) < 4.78 is 15.8. The number of carbonyl (C=O) groups excluding carboxylic acids is 2. The molecule has 0 radical (unpaired) electrons. The third-order valence-corrected chi connectivity index (χ3v) is 3.78. The molecular weight excluding hydrogens is 324 g/mol. The van der Waals surface area contributed by atoms with E-state index in [-0.39, 0.29) is 18.4 Å². The maximum Gasteiger partial charge on any atom is 0.262 e. The van der Waals surface area contributed by atoms with Gasteiger partial charge in [0.15, 0.2) is 23.9 Å². The van der Waals surface area contributed by atoms with Gasteiger partial charge in [0.1, 0.15) is 0 Å². The molecule has 7 nitrogen and oxygen atoms in total. The summed E-state index contributed by atoms with van der Waals surface area (Å²) in [5.41, 5.74) is 1.73. The van der Waals surface area contributed by atoms with Gasteiger partial charge in [-0.3, -0.25) is 9.59 Å². The van der Waals surface area contributed by atoms with Gasteiger partial charge in [0.25, 0.3) is 11.8 Å². The molecule has 0 fully saturated rings. The number of para-hydroxylation sites is 1. The quantitative estimate of drug-likeness (QED) is 0.868. The van der Waals surface area contributed by atoms with Crippen molar-refractivity contribution in [2.24, 2.45) is 0 Å². The monoisotopic (exact) mass is 342 g/mol. The van der Waals surface area contributed by atoms with Crippen molar-refractivity contribution in [3.05, 3.63) is 47.5 Å². The molecule has 0 aromatic heterocycles. The van der Waals surface area contributed by atoms with Crippen LogP contribution in [0.4, 0.5) is 5.69 Å². The van der Waals surface area contributed by atoms with Crippen LogP contribution in [0.25, 0.3) is 0 Å². The first-order valence-corrected chi connectivity index (χ1v) is 7.67. The van der Waals surface area contributed by atoms with E-state index in [1.165, 1.54) is 0 Å². The smallest absolute Gasteiger partial charge is 0.262 e. The number of amides is 2. The Labute approximate surface area is 144 Å². The molecule has 0 unspecified atom stereocenters. The lowest BCUT2D eigenvalue weighted by Gasteiger charge is -2.20. The molecule has 0 saturated carbocycles. The van der Waals surface area contributed by atoms with Gasteiger partial charge in [0, 0.05) is 6.54 Å². The van der Waals surface area contributed by atoms with Gasteiger partial charge in [-0.25, -0.2) is 0 Å². The van der Waals surface area contributed by atoms with Crippen LogP contribution in [0.5, 0.6) is 17.2 Å². The largest absolute Gasteiger partial charge is 0.493 e. The highest BCUT2D eigenvalue weighted by Gasteiger charge is 2.22. The zero-order valence-corrected chi connectivity index (χ0v) is 13.9. The molecule has 2 N–H and O–H groups in total. The van der Waals surface area contributed by atoms with E-state index in [4.69, 9.17) is 14.2 Å². The predicted octanol–water partition coefficient (Wildman–Crippen LogP) is 1.96. The van der Waals surface area contributed by atoms with Crippen LogP contribution in [0.1, 0.15) is 15.9 Å². The SMILES string of the molecule is COc1ccc(CNC(=O)c2cccc3c2OCC(=O)N3)cc1OC. The molecule has 0 aliphatic carbocycles. The van der Waals surface area contributed by atoms with E-state index in [1.54, 1.807) is 44.6 Å². The second-order valence-corrected chi connectivity index (χ2v) is 5.39. The van der Waals surface area contributed by atoms with Crippen LogP contribution in [0, 0.1) is 0 Å². The first-order valence-electron chi connectivity index (χ1n) is 7.67. The van der Waals surface area contributed by atoms with Gasteiger partial charge in [-0.05, 0) is 29.8 Å². The zero-order valence-electron chi connectivity index (χ0n) is 13.9. The Bertz CT molecular complexity index is 819. The van der Waals surface area contributed by atoms with Crippen molar-refractivity contribution in [1.29, 1.82) is 0 Å². The average molecular weight is 342 g/mol. The number of anilines is 1. The van der Waals surface area contributed by atoms with Gasteiger partial charge in [-0.15, -0.1) is 0 Å². The third-order valence-electron chi connectivity index (χ3n) is 3.78. The summed E-state index contributed by atoms with van der Waals surface area (Å²) in [4.78, 5) is 23.9. The van der Waals surface area contributed by atoms with E-state index >= 15 is 0 Å². The molecule has 7 heteroatoms. The number of rotatable bonds is 5. The summed E-state index contributed by atoms with van der Waals surface area (Å²) in [6.07, 6.45) is 0. The first-order chi connectivity index (χ1) is 12.1. The van der Waals surface area contributed by atoms with Crippen molar-refractivity contribution >= 4 is 17.5 Å². The molecule has 0 bridgehead atoms. The summed E-state index contributed by atoms with van der Waals surface area (Å²) in [6, 6.07) is 10.5. The van der Waals surface area contributed by atoms with Gasteiger partial charge in [-0.1, -0.05) is 12.1 Å². The van der Waals surface area contributed by atoms with Crippen molar-refractivity contribution in [2.75, 3.05) is 26.1 Å². The number of carbonyl (C=O) groups is 2. The van der Waals surface area contributed by atoms with Crippen molar-refractivity contribution in [3.63, 3.8) is 0 Å². The van der Waals surface area contributed by atoms with E-state index in [0.717, 1.165) is 5.56 Å². The number of ether oxygens (including phenoxy) is 3. The fraction of sp³-hybridized carbons (Fsp3) is 0.222. The molecule has 1 heterocycles. The number of hydrogen-bond donors (Lipinski definition) is 2. The lowest BCUT2D eigenvalue weighted by molar-refractivity contribution is -0.118. The lowest BCUT2D eigenvalue weighted by atomic mass is 10.1. The zero-order chi connectivity index (χ0) is 17.8. The van der Waals surface area contributed by atoms with Gasteiger partial charge >= 0.3 is 0 Å². The molecule has 0 saturated heterocycles. The second kappa shape index (κ2) is 7.12. The number of fused-ring (bicyclic) bond motifs is 1. The molecule has 0 spiro atoms. The predicted molar refractivity (Wildman–Crippen MR) is 91.3 cm³/mol. The summed E-state index contributed by atoms with van der Waals surface area (Å²) in [7, 11) is 3.12. The van der Waals surface area contributed by atoms with Gasteiger partial charge in [-0.2, -0.15) is 0 Å². The Morgan fingerprint density at radius 1 is 1.20 bits per heavy atom. The summed E-state index contributed by atoms with van der Waals surface area (Å²) in [6.45, 7) is 0.211. The Morgan fingerprint density at radius 3 is 2.76 bits per heavy atom. The average Bonchev–Trinajstić information content (AvgIpc) is 2.65. The van der Waals surface area contributed by atoms with Gasteiger partial charge in [0.05, 0.1) is 25.5 Å². The Balaban J connectivity index is 1.73. The highest BCUT2D eigenvalue weighted by molar-refractivity contribution is 6.03. The van der Waals surface area contributed by atoms with Gasteiger partial charge in [0.2, 0.25) is 0 Å². The van der Waals surface area contributed by atoms with Crippen LogP contribution in [-0.2, 0) is 11.3 Å². The standard InChI is InChI=1S/C18H18N2O5/c1-23-14-7-6-11(8-15(14)24-2)9-19-18(22)12-4-3-5-13-17(12)25-10-16(21)20-13/h3-8H,9-10H2,1-2H3,(H,19,22)(H,20,21). The van der Waals surface area contributed by atoms with E-state index in [1.807, 2.05) is 6.07 Å². The van der Waals surface area contributed by atoms with Crippen LogP contribution in [-0.4, -0.2) is 32.6 Å². The van der Waals surface area contributed by atoms with Crippen molar-refractivity contribution in [1.82, 2.24) is 5.32 Å².